The van der Waals surface area contributed by atoms with Gasteiger partial charge in [-0.3, -0.25) is 14.6 Å². The topological polar surface area (TPSA) is 35.6 Å². The molecule has 4 rings (SSSR count). The Bertz CT molecular complexity index is 578. The van der Waals surface area contributed by atoms with Crippen LogP contribution in [0.1, 0.15) is 44.1 Å². The molecule has 0 unspecified atom stereocenters. The van der Waals surface area contributed by atoms with E-state index in [1.165, 1.54) is 57.3 Å². The highest BCUT2D eigenvalue weighted by Crippen LogP contribution is 2.28. The summed E-state index contributed by atoms with van der Waals surface area (Å²) in [6.07, 6.45) is 7.33. The van der Waals surface area contributed by atoms with E-state index < -0.39 is 0 Å². The van der Waals surface area contributed by atoms with E-state index >= 15 is 0 Å². The average Bonchev–Trinajstić information content (AvgIpc) is 3.52. The van der Waals surface area contributed by atoms with Crippen LogP contribution in [-0.2, 0) is 11.3 Å². The number of nitrogens with one attached hydrogen (secondary N) is 1. The number of hydrogen-bond donors (Lipinski definition) is 1. The smallest absolute Gasteiger partial charge is 0.224 e. The first kappa shape index (κ1) is 18.0. The van der Waals surface area contributed by atoms with E-state index in [9.17, 15) is 4.79 Å². The summed E-state index contributed by atoms with van der Waals surface area (Å²) in [7, 11) is 0. The second kappa shape index (κ2) is 8.53. The van der Waals surface area contributed by atoms with Crippen LogP contribution >= 0.6 is 0 Å². The molecule has 1 aromatic carbocycles. The van der Waals surface area contributed by atoms with Crippen LogP contribution in [0.5, 0.6) is 0 Å². The van der Waals surface area contributed by atoms with Gasteiger partial charge in [0, 0.05) is 25.7 Å². The molecule has 4 heteroatoms. The lowest BCUT2D eigenvalue weighted by molar-refractivity contribution is -0.127. The van der Waals surface area contributed by atoms with Crippen LogP contribution in [0.2, 0.25) is 0 Å². The van der Waals surface area contributed by atoms with Gasteiger partial charge in [0.1, 0.15) is 0 Å². The van der Waals surface area contributed by atoms with Crippen molar-refractivity contribution in [3.63, 3.8) is 0 Å². The van der Waals surface area contributed by atoms with Gasteiger partial charge in [-0.2, -0.15) is 0 Å². The molecule has 2 saturated heterocycles. The normalized spacial score (nSPS) is 25.9. The molecule has 4 nitrogen and oxygen atoms in total. The Morgan fingerprint density at radius 2 is 1.77 bits per heavy atom. The van der Waals surface area contributed by atoms with Crippen molar-refractivity contribution in [1.82, 2.24) is 15.1 Å². The van der Waals surface area contributed by atoms with Crippen molar-refractivity contribution in [2.24, 2.45) is 11.8 Å². The maximum atomic E-state index is 12.5. The molecular formula is C22H33N3O. The van der Waals surface area contributed by atoms with Crippen LogP contribution in [0, 0.1) is 11.8 Å². The van der Waals surface area contributed by atoms with Crippen molar-refractivity contribution in [2.75, 3.05) is 32.7 Å². The van der Waals surface area contributed by atoms with Crippen LogP contribution in [0.4, 0.5) is 0 Å². The molecule has 1 aromatic rings. The molecule has 1 saturated carbocycles. The molecule has 2 aliphatic heterocycles. The minimum atomic E-state index is 0.213. The highest BCUT2D eigenvalue weighted by atomic mass is 16.1. The van der Waals surface area contributed by atoms with Gasteiger partial charge in [-0.05, 0) is 69.6 Å². The molecule has 0 bridgehead atoms. The fourth-order valence-electron chi connectivity index (χ4n) is 4.55. The summed E-state index contributed by atoms with van der Waals surface area (Å²) in [5.41, 5.74) is 1.41. The Morgan fingerprint density at radius 1 is 1.00 bits per heavy atom. The summed E-state index contributed by atoms with van der Waals surface area (Å²) in [4.78, 5) is 17.7. The second-order valence-corrected chi connectivity index (χ2v) is 8.52. The molecule has 3 fully saturated rings. The fourth-order valence-corrected chi connectivity index (χ4v) is 4.55. The molecule has 1 aliphatic carbocycles. The first-order valence-corrected chi connectivity index (χ1v) is 10.6. The molecule has 26 heavy (non-hydrogen) atoms. The van der Waals surface area contributed by atoms with E-state index in [0.717, 1.165) is 32.0 Å². The minimum Gasteiger partial charge on any atom is -0.356 e. The van der Waals surface area contributed by atoms with E-state index in [0.29, 0.717) is 11.9 Å². The van der Waals surface area contributed by atoms with Gasteiger partial charge in [-0.25, -0.2) is 0 Å². The lowest BCUT2D eigenvalue weighted by Crippen LogP contribution is -2.50. The molecule has 142 valence electrons. The highest BCUT2D eigenvalue weighted by Gasteiger charge is 2.32. The quantitative estimate of drug-likeness (QED) is 0.852. The SMILES string of the molecule is O=C(NCC1CC1)[C@@H]1CCCN(C2CCN(Cc3ccccc3)CC2)C1. The predicted octanol–water partition coefficient (Wildman–Crippen LogP) is 2.89. The van der Waals surface area contributed by atoms with E-state index in [1.54, 1.807) is 0 Å². The van der Waals surface area contributed by atoms with E-state index in [2.05, 4.69) is 45.4 Å². The van der Waals surface area contributed by atoms with Gasteiger partial charge in [0.05, 0.1) is 5.92 Å². The van der Waals surface area contributed by atoms with Gasteiger partial charge >= 0.3 is 0 Å². The molecule has 3 aliphatic rings. The van der Waals surface area contributed by atoms with Gasteiger partial charge in [0.2, 0.25) is 5.91 Å². The zero-order valence-corrected chi connectivity index (χ0v) is 15.9. The number of benzene rings is 1. The second-order valence-electron chi connectivity index (χ2n) is 8.52. The number of hydrogen-bond acceptors (Lipinski definition) is 3. The highest BCUT2D eigenvalue weighted by molar-refractivity contribution is 5.79. The van der Waals surface area contributed by atoms with E-state index in [4.69, 9.17) is 0 Å². The molecule has 1 amide bonds. The zero-order chi connectivity index (χ0) is 17.8. The van der Waals surface area contributed by atoms with Gasteiger partial charge in [-0.15, -0.1) is 0 Å². The zero-order valence-electron chi connectivity index (χ0n) is 15.9. The standard InChI is InChI=1S/C22H33N3O/c26-22(23-15-18-8-9-18)20-7-4-12-25(17-20)21-10-13-24(14-11-21)16-19-5-2-1-3-6-19/h1-3,5-6,18,20-21H,4,7-17H2,(H,23,26)/t20-/m1/s1. The van der Waals surface area contributed by atoms with Gasteiger partial charge in [0.25, 0.3) is 0 Å². The number of amides is 1. The molecular weight excluding hydrogens is 322 g/mol. The third-order valence-electron chi connectivity index (χ3n) is 6.41. The van der Waals surface area contributed by atoms with Crippen molar-refractivity contribution in [3.8, 4) is 0 Å². The third-order valence-corrected chi connectivity index (χ3v) is 6.41. The Morgan fingerprint density at radius 3 is 2.50 bits per heavy atom. The van der Waals surface area contributed by atoms with Crippen molar-refractivity contribution in [3.05, 3.63) is 35.9 Å². The van der Waals surface area contributed by atoms with Gasteiger partial charge in [0.15, 0.2) is 0 Å². The van der Waals surface area contributed by atoms with Crippen LogP contribution in [0.3, 0.4) is 0 Å². The summed E-state index contributed by atoms with van der Waals surface area (Å²) in [6.45, 7) is 6.48. The molecule has 1 N–H and O–H groups in total. The minimum absolute atomic E-state index is 0.213. The van der Waals surface area contributed by atoms with Crippen LogP contribution < -0.4 is 5.32 Å². The molecule has 0 radical (unpaired) electrons. The Labute approximate surface area is 157 Å². The van der Waals surface area contributed by atoms with Crippen molar-refractivity contribution in [2.45, 2.75) is 51.1 Å². The van der Waals surface area contributed by atoms with Gasteiger partial charge < -0.3 is 5.32 Å². The molecule has 1 atom stereocenters. The molecule has 2 heterocycles. The molecule has 0 spiro atoms. The van der Waals surface area contributed by atoms with Crippen molar-refractivity contribution in [1.29, 1.82) is 0 Å². The maximum absolute atomic E-state index is 12.5. The Hall–Kier alpha value is -1.39. The van der Waals surface area contributed by atoms with Crippen molar-refractivity contribution >= 4 is 5.91 Å². The largest absolute Gasteiger partial charge is 0.356 e. The number of likely N-dealkylation sites (tertiary alicyclic amines) is 2. The van der Waals surface area contributed by atoms with Gasteiger partial charge in [-0.1, -0.05) is 30.3 Å². The third kappa shape index (κ3) is 4.86. The van der Waals surface area contributed by atoms with E-state index in [1.807, 2.05) is 0 Å². The number of rotatable bonds is 6. The predicted molar refractivity (Wildman–Crippen MR) is 105 cm³/mol. The number of piperidine rings is 2. The number of carbonyl (C=O) groups excluding carboxylic acids is 1. The Balaban J connectivity index is 1.22. The summed E-state index contributed by atoms with van der Waals surface area (Å²) in [5, 5.41) is 3.20. The Kier molecular flexibility index (Phi) is 5.91. The molecule has 0 aromatic heterocycles. The lowest BCUT2D eigenvalue weighted by atomic mass is 9.93. The van der Waals surface area contributed by atoms with Crippen LogP contribution in [-0.4, -0.2) is 54.5 Å². The summed E-state index contributed by atoms with van der Waals surface area (Å²) in [5.74, 6) is 1.29. The first-order chi connectivity index (χ1) is 12.8. The van der Waals surface area contributed by atoms with Crippen molar-refractivity contribution < 1.29 is 4.79 Å². The maximum Gasteiger partial charge on any atom is 0.224 e. The lowest BCUT2D eigenvalue weighted by Gasteiger charge is -2.42. The van der Waals surface area contributed by atoms with Crippen LogP contribution in [0.15, 0.2) is 30.3 Å². The summed E-state index contributed by atoms with van der Waals surface area (Å²) < 4.78 is 0. The number of carbonyl (C=O) groups is 1. The first-order valence-electron chi connectivity index (χ1n) is 10.6. The summed E-state index contributed by atoms with van der Waals surface area (Å²) >= 11 is 0. The number of nitrogens with zero attached hydrogens (tertiary/aromatic N) is 2. The summed E-state index contributed by atoms with van der Waals surface area (Å²) in [6, 6.07) is 11.5. The average molecular weight is 356 g/mol. The monoisotopic (exact) mass is 355 g/mol. The van der Waals surface area contributed by atoms with E-state index in [-0.39, 0.29) is 5.92 Å². The fraction of sp³-hybridized carbons (Fsp3) is 0.682. The van der Waals surface area contributed by atoms with Crippen LogP contribution in [0.25, 0.3) is 0 Å².